The van der Waals surface area contributed by atoms with E-state index < -0.39 is 0 Å². The molecule has 1 aromatic carbocycles. The Morgan fingerprint density at radius 2 is 1.95 bits per heavy atom. The quantitative estimate of drug-likeness (QED) is 0.846. The first-order valence-electron chi connectivity index (χ1n) is 8.33. The van der Waals surface area contributed by atoms with Crippen LogP contribution in [0.1, 0.15) is 51.0 Å². The van der Waals surface area contributed by atoms with Crippen LogP contribution in [0, 0.1) is 5.92 Å². The second-order valence-corrected chi connectivity index (χ2v) is 7.81. The summed E-state index contributed by atoms with van der Waals surface area (Å²) < 4.78 is 0. The molecule has 1 N–H and O–H groups in total. The second kappa shape index (κ2) is 7.00. The molecule has 0 bridgehead atoms. The van der Waals surface area contributed by atoms with Crippen molar-refractivity contribution in [2.75, 3.05) is 6.54 Å². The molecule has 20 heavy (non-hydrogen) atoms. The zero-order valence-corrected chi connectivity index (χ0v) is 13.4. The highest BCUT2D eigenvalue weighted by Gasteiger charge is 2.24. The van der Waals surface area contributed by atoms with Crippen LogP contribution in [0.4, 0.5) is 0 Å². The maximum atomic E-state index is 3.84. The molecule has 0 aromatic heterocycles. The Labute approximate surface area is 127 Å². The van der Waals surface area contributed by atoms with E-state index in [1.807, 2.05) is 0 Å². The topological polar surface area (TPSA) is 12.0 Å². The van der Waals surface area contributed by atoms with Crippen LogP contribution in [0.3, 0.4) is 0 Å². The molecule has 1 atom stereocenters. The molecule has 0 amide bonds. The van der Waals surface area contributed by atoms with Gasteiger partial charge in [0, 0.05) is 22.7 Å². The lowest BCUT2D eigenvalue weighted by atomic mass is 9.83. The van der Waals surface area contributed by atoms with Gasteiger partial charge < -0.3 is 5.32 Å². The van der Waals surface area contributed by atoms with Gasteiger partial charge in [-0.05, 0) is 49.7 Å². The lowest BCUT2D eigenvalue weighted by Gasteiger charge is -2.29. The van der Waals surface area contributed by atoms with E-state index in [1.165, 1.54) is 56.4 Å². The Balaban J connectivity index is 1.39. The number of nitrogens with one attached hydrogen (secondary N) is 1. The maximum Gasteiger partial charge on any atom is 0.0260 e. The lowest BCUT2D eigenvalue weighted by molar-refractivity contribution is 0.279. The molecule has 1 aromatic rings. The minimum atomic E-state index is 0.751. The summed E-state index contributed by atoms with van der Waals surface area (Å²) in [4.78, 5) is 1.51. The van der Waals surface area contributed by atoms with Crippen molar-refractivity contribution < 1.29 is 0 Å². The summed E-state index contributed by atoms with van der Waals surface area (Å²) in [7, 11) is 0. The van der Waals surface area contributed by atoms with Crippen molar-refractivity contribution in [3.63, 3.8) is 0 Å². The summed E-state index contributed by atoms with van der Waals surface area (Å²) in [5.41, 5.74) is 1.55. The third-order valence-corrected chi connectivity index (χ3v) is 6.21. The fraction of sp³-hybridized carbons (Fsp3) is 0.667. The number of benzene rings is 1. The van der Waals surface area contributed by atoms with E-state index >= 15 is 0 Å². The van der Waals surface area contributed by atoms with Gasteiger partial charge in [-0.2, -0.15) is 0 Å². The summed E-state index contributed by atoms with van der Waals surface area (Å²) in [6, 6.07) is 9.68. The molecule has 3 rings (SSSR count). The van der Waals surface area contributed by atoms with Crippen LogP contribution in [0.25, 0.3) is 0 Å². The molecule has 1 heterocycles. The Kier molecular flexibility index (Phi) is 5.06. The molecular formula is C18H27NS. The predicted octanol–water partition coefficient (Wildman–Crippen LogP) is 4.65. The first-order valence-corrected chi connectivity index (χ1v) is 9.21. The van der Waals surface area contributed by atoms with Crippen LogP contribution >= 0.6 is 11.8 Å². The van der Waals surface area contributed by atoms with Gasteiger partial charge in [0.1, 0.15) is 0 Å². The highest BCUT2D eigenvalue weighted by Crippen LogP contribution is 2.36. The minimum absolute atomic E-state index is 0.751. The third-order valence-electron chi connectivity index (χ3n) is 4.89. The van der Waals surface area contributed by atoms with Crippen LogP contribution in [0.15, 0.2) is 29.2 Å². The molecule has 2 aliphatic rings. The van der Waals surface area contributed by atoms with Crippen LogP contribution in [0.5, 0.6) is 0 Å². The molecule has 2 heteroatoms. The number of hydrogen-bond acceptors (Lipinski definition) is 2. The highest BCUT2D eigenvalue weighted by atomic mass is 32.2. The van der Waals surface area contributed by atoms with Crippen molar-refractivity contribution >= 4 is 11.8 Å². The minimum Gasteiger partial charge on any atom is -0.313 e. The fourth-order valence-electron chi connectivity index (χ4n) is 3.73. The summed E-state index contributed by atoms with van der Waals surface area (Å²) in [5, 5.41) is 4.59. The standard InChI is InChI=1S/C18H27NS/c1-2-5-14-8-10-16(11-9-14)19-13-17-12-15-6-3-4-7-18(15)20-17/h3-4,6-7,14,16-17,19H,2,5,8-13H2,1H3. The normalized spacial score (nSPS) is 29.4. The summed E-state index contributed by atoms with van der Waals surface area (Å²) in [6.45, 7) is 3.50. The van der Waals surface area contributed by atoms with E-state index in [4.69, 9.17) is 0 Å². The van der Waals surface area contributed by atoms with Crippen LogP contribution in [-0.4, -0.2) is 17.8 Å². The maximum absolute atomic E-state index is 3.84. The van der Waals surface area contributed by atoms with E-state index in [9.17, 15) is 0 Å². The third kappa shape index (κ3) is 3.59. The van der Waals surface area contributed by atoms with Gasteiger partial charge in [-0.1, -0.05) is 38.0 Å². The SMILES string of the molecule is CCCC1CCC(NCC2Cc3ccccc3S2)CC1. The van der Waals surface area contributed by atoms with E-state index in [1.54, 1.807) is 5.56 Å². The zero-order chi connectivity index (χ0) is 13.8. The highest BCUT2D eigenvalue weighted by molar-refractivity contribution is 8.00. The fourth-order valence-corrected chi connectivity index (χ4v) is 4.99. The molecule has 0 saturated heterocycles. The van der Waals surface area contributed by atoms with Crippen LogP contribution in [-0.2, 0) is 6.42 Å². The summed E-state index contributed by atoms with van der Waals surface area (Å²) in [6.07, 6.45) is 9.75. The van der Waals surface area contributed by atoms with Gasteiger partial charge in [-0.25, -0.2) is 0 Å². The van der Waals surface area contributed by atoms with Gasteiger partial charge in [0.25, 0.3) is 0 Å². The van der Waals surface area contributed by atoms with E-state index in [0.717, 1.165) is 17.2 Å². The molecule has 0 radical (unpaired) electrons. The van der Waals surface area contributed by atoms with E-state index in [0.29, 0.717) is 0 Å². The van der Waals surface area contributed by atoms with E-state index in [2.05, 4.69) is 48.3 Å². The Morgan fingerprint density at radius 1 is 1.15 bits per heavy atom. The first kappa shape index (κ1) is 14.5. The molecular weight excluding hydrogens is 262 g/mol. The summed E-state index contributed by atoms with van der Waals surface area (Å²) >= 11 is 2.07. The van der Waals surface area contributed by atoms with Gasteiger partial charge >= 0.3 is 0 Å². The van der Waals surface area contributed by atoms with Gasteiger partial charge in [-0.3, -0.25) is 0 Å². The second-order valence-electron chi connectivity index (χ2n) is 6.47. The molecule has 1 aliphatic carbocycles. The van der Waals surface area contributed by atoms with Gasteiger partial charge in [0.15, 0.2) is 0 Å². The van der Waals surface area contributed by atoms with Crippen LogP contribution < -0.4 is 5.32 Å². The van der Waals surface area contributed by atoms with Gasteiger partial charge in [0.05, 0.1) is 0 Å². The smallest absolute Gasteiger partial charge is 0.0260 e. The number of thioether (sulfide) groups is 1. The van der Waals surface area contributed by atoms with Crippen molar-refractivity contribution in [2.24, 2.45) is 5.92 Å². The zero-order valence-electron chi connectivity index (χ0n) is 12.6. The molecule has 110 valence electrons. The van der Waals surface area contributed by atoms with Crippen molar-refractivity contribution in [1.29, 1.82) is 0 Å². The Bertz CT molecular complexity index is 398. The van der Waals surface area contributed by atoms with Gasteiger partial charge in [-0.15, -0.1) is 11.8 Å². The molecule has 1 unspecified atom stereocenters. The van der Waals surface area contributed by atoms with Crippen LogP contribution in [0.2, 0.25) is 0 Å². The molecule has 1 fully saturated rings. The van der Waals surface area contributed by atoms with Crippen molar-refractivity contribution in [2.45, 2.75) is 68.1 Å². The molecule has 1 aliphatic heterocycles. The largest absolute Gasteiger partial charge is 0.313 e. The first-order chi connectivity index (χ1) is 9.85. The molecule has 1 saturated carbocycles. The van der Waals surface area contributed by atoms with Crippen molar-refractivity contribution in [3.8, 4) is 0 Å². The number of hydrogen-bond donors (Lipinski definition) is 1. The average molecular weight is 289 g/mol. The molecule has 0 spiro atoms. The molecule has 1 nitrogen and oxygen atoms in total. The van der Waals surface area contributed by atoms with Gasteiger partial charge in [0.2, 0.25) is 0 Å². The average Bonchev–Trinajstić information content (AvgIpc) is 2.90. The Hall–Kier alpha value is -0.470. The lowest BCUT2D eigenvalue weighted by Crippen LogP contribution is -2.37. The number of fused-ring (bicyclic) bond motifs is 1. The predicted molar refractivity (Wildman–Crippen MR) is 88.4 cm³/mol. The Morgan fingerprint density at radius 3 is 2.70 bits per heavy atom. The van der Waals surface area contributed by atoms with Crippen molar-refractivity contribution in [3.05, 3.63) is 29.8 Å². The number of rotatable bonds is 5. The van der Waals surface area contributed by atoms with E-state index in [-0.39, 0.29) is 0 Å². The monoisotopic (exact) mass is 289 g/mol. The van der Waals surface area contributed by atoms with Crippen molar-refractivity contribution in [1.82, 2.24) is 5.32 Å². The summed E-state index contributed by atoms with van der Waals surface area (Å²) in [5.74, 6) is 1.02.